The van der Waals surface area contributed by atoms with Crippen LogP contribution in [0.5, 0.6) is 5.75 Å². The van der Waals surface area contributed by atoms with Gasteiger partial charge in [0.15, 0.2) is 0 Å². The van der Waals surface area contributed by atoms with Crippen molar-refractivity contribution in [2.24, 2.45) is 0 Å². The van der Waals surface area contributed by atoms with Crippen molar-refractivity contribution in [3.63, 3.8) is 0 Å². The number of carbonyl (C=O) groups excluding carboxylic acids is 1. The summed E-state index contributed by atoms with van der Waals surface area (Å²) in [5.41, 5.74) is 2.48. The number of para-hydroxylation sites is 1. The first kappa shape index (κ1) is 18.6. The van der Waals surface area contributed by atoms with E-state index in [1.807, 2.05) is 42.6 Å². The lowest BCUT2D eigenvalue weighted by Crippen LogP contribution is -2.25. The first-order chi connectivity index (χ1) is 13.7. The molecule has 28 heavy (non-hydrogen) atoms. The number of thiazole rings is 2. The van der Waals surface area contributed by atoms with E-state index in [9.17, 15) is 4.79 Å². The molecule has 1 N–H and O–H groups in total. The maximum atomic E-state index is 12.4. The van der Waals surface area contributed by atoms with Crippen LogP contribution in [0.1, 0.15) is 26.1 Å². The van der Waals surface area contributed by atoms with Crippen LogP contribution in [0, 0.1) is 6.92 Å². The third-order valence-corrected chi connectivity index (χ3v) is 6.03. The molecule has 0 unspecified atom stereocenters. The smallest absolute Gasteiger partial charge is 0.251 e. The number of benzene rings is 2. The van der Waals surface area contributed by atoms with Crippen LogP contribution < -0.4 is 10.1 Å². The molecule has 4 rings (SSSR count). The van der Waals surface area contributed by atoms with E-state index in [-0.39, 0.29) is 5.91 Å². The van der Waals surface area contributed by atoms with Crippen LogP contribution in [0.2, 0.25) is 0 Å². The van der Waals surface area contributed by atoms with Crippen LogP contribution in [0.25, 0.3) is 10.2 Å². The maximum Gasteiger partial charge on any atom is 0.251 e. The second-order valence-electron chi connectivity index (χ2n) is 6.26. The van der Waals surface area contributed by atoms with Gasteiger partial charge in [-0.25, -0.2) is 9.97 Å². The van der Waals surface area contributed by atoms with E-state index in [0.717, 1.165) is 21.2 Å². The van der Waals surface area contributed by atoms with Crippen molar-refractivity contribution < 1.29 is 9.53 Å². The summed E-state index contributed by atoms with van der Waals surface area (Å²) in [7, 11) is 0. The number of nitrogens with zero attached hydrogens (tertiary/aromatic N) is 2. The normalized spacial score (nSPS) is 10.9. The summed E-state index contributed by atoms with van der Waals surface area (Å²) >= 11 is 3.26. The minimum absolute atomic E-state index is 0.115. The molecule has 0 saturated heterocycles. The molecule has 0 aliphatic rings. The maximum absolute atomic E-state index is 12.4. The first-order valence-corrected chi connectivity index (χ1v) is 10.6. The summed E-state index contributed by atoms with van der Waals surface area (Å²) < 4.78 is 6.93. The molecule has 0 aliphatic carbocycles. The van der Waals surface area contributed by atoms with Crippen LogP contribution in [0.15, 0.2) is 53.9 Å². The average molecular weight is 410 g/mol. The number of fused-ring (bicyclic) bond motifs is 1. The standard InChI is InChI=1S/C21H19N3O2S2/c1-14-23-16(13-27-14)12-26-17-6-4-5-15(11-17)21(25)22-10-9-20-24-18-7-2-3-8-19(18)28-20/h2-8,11,13H,9-10,12H2,1H3,(H,22,25). The molecule has 0 aliphatic heterocycles. The van der Waals surface area contributed by atoms with E-state index in [1.54, 1.807) is 34.8 Å². The second kappa shape index (κ2) is 8.50. The Morgan fingerprint density at radius 1 is 1.14 bits per heavy atom. The summed E-state index contributed by atoms with van der Waals surface area (Å²) in [5, 5.41) is 6.98. The molecule has 0 radical (unpaired) electrons. The lowest BCUT2D eigenvalue weighted by Gasteiger charge is -2.07. The number of hydrogen-bond acceptors (Lipinski definition) is 6. The minimum atomic E-state index is -0.115. The van der Waals surface area contributed by atoms with Gasteiger partial charge in [-0.15, -0.1) is 22.7 Å². The summed E-state index contributed by atoms with van der Waals surface area (Å²) in [6.07, 6.45) is 0.713. The number of aryl methyl sites for hydroxylation is 1. The van der Waals surface area contributed by atoms with Gasteiger partial charge in [0.1, 0.15) is 12.4 Å². The molecule has 2 aromatic heterocycles. The van der Waals surface area contributed by atoms with Crippen LogP contribution >= 0.6 is 22.7 Å². The Labute approximate surface area is 171 Å². The molecule has 0 fully saturated rings. The number of ether oxygens (including phenoxy) is 1. The van der Waals surface area contributed by atoms with Gasteiger partial charge in [-0.1, -0.05) is 18.2 Å². The summed E-state index contributed by atoms with van der Waals surface area (Å²) in [6, 6.07) is 15.3. The highest BCUT2D eigenvalue weighted by atomic mass is 32.1. The largest absolute Gasteiger partial charge is 0.487 e. The Kier molecular flexibility index (Phi) is 5.64. The molecule has 142 valence electrons. The van der Waals surface area contributed by atoms with Crippen molar-refractivity contribution in [1.82, 2.24) is 15.3 Å². The quantitative estimate of drug-likeness (QED) is 0.484. The van der Waals surface area contributed by atoms with Crippen molar-refractivity contribution >= 4 is 38.8 Å². The highest BCUT2D eigenvalue weighted by Crippen LogP contribution is 2.21. The fourth-order valence-electron chi connectivity index (χ4n) is 2.77. The first-order valence-electron chi connectivity index (χ1n) is 8.94. The van der Waals surface area contributed by atoms with E-state index < -0.39 is 0 Å². The summed E-state index contributed by atoms with van der Waals surface area (Å²) in [4.78, 5) is 21.4. The minimum Gasteiger partial charge on any atom is -0.487 e. The van der Waals surface area contributed by atoms with Crippen molar-refractivity contribution in [2.75, 3.05) is 6.54 Å². The molecule has 0 spiro atoms. The Morgan fingerprint density at radius 3 is 2.86 bits per heavy atom. The van der Waals surface area contributed by atoms with Gasteiger partial charge in [-0.2, -0.15) is 0 Å². The zero-order valence-electron chi connectivity index (χ0n) is 15.3. The molecular weight excluding hydrogens is 390 g/mol. The van der Waals surface area contributed by atoms with Crippen molar-refractivity contribution in [1.29, 1.82) is 0 Å². The Hall–Kier alpha value is -2.77. The highest BCUT2D eigenvalue weighted by Gasteiger charge is 2.08. The number of amides is 1. The second-order valence-corrected chi connectivity index (χ2v) is 8.43. The van der Waals surface area contributed by atoms with Gasteiger partial charge in [0, 0.05) is 23.9 Å². The van der Waals surface area contributed by atoms with Crippen molar-refractivity contribution in [3.05, 3.63) is 75.2 Å². The van der Waals surface area contributed by atoms with Gasteiger partial charge < -0.3 is 10.1 Å². The predicted molar refractivity (Wildman–Crippen MR) is 113 cm³/mol. The third-order valence-electron chi connectivity index (χ3n) is 4.11. The van der Waals surface area contributed by atoms with Gasteiger partial charge in [-0.3, -0.25) is 4.79 Å². The van der Waals surface area contributed by atoms with Gasteiger partial charge in [-0.05, 0) is 37.3 Å². The van der Waals surface area contributed by atoms with Gasteiger partial charge in [0.2, 0.25) is 0 Å². The van der Waals surface area contributed by atoms with Crippen LogP contribution in [0.4, 0.5) is 0 Å². The molecule has 2 heterocycles. The Morgan fingerprint density at radius 2 is 2.04 bits per heavy atom. The lowest BCUT2D eigenvalue weighted by molar-refractivity contribution is 0.0953. The van der Waals surface area contributed by atoms with Crippen LogP contribution in [-0.2, 0) is 13.0 Å². The molecule has 0 atom stereocenters. The van der Waals surface area contributed by atoms with E-state index in [0.29, 0.717) is 30.9 Å². The third kappa shape index (κ3) is 4.55. The summed E-state index contributed by atoms with van der Waals surface area (Å²) in [6.45, 7) is 2.91. The van der Waals surface area contributed by atoms with Crippen molar-refractivity contribution in [2.45, 2.75) is 20.0 Å². The van der Waals surface area contributed by atoms with E-state index >= 15 is 0 Å². The van der Waals surface area contributed by atoms with Crippen LogP contribution in [-0.4, -0.2) is 22.4 Å². The molecule has 2 aromatic carbocycles. The van der Waals surface area contributed by atoms with Gasteiger partial charge in [0.05, 0.1) is 25.9 Å². The topological polar surface area (TPSA) is 64.1 Å². The lowest BCUT2D eigenvalue weighted by atomic mass is 10.2. The van der Waals surface area contributed by atoms with Crippen LogP contribution in [0.3, 0.4) is 0 Å². The number of hydrogen-bond donors (Lipinski definition) is 1. The molecule has 5 nitrogen and oxygen atoms in total. The van der Waals surface area contributed by atoms with Gasteiger partial charge in [0.25, 0.3) is 5.91 Å². The monoisotopic (exact) mass is 409 g/mol. The number of aromatic nitrogens is 2. The summed E-state index contributed by atoms with van der Waals surface area (Å²) in [5.74, 6) is 0.542. The molecule has 0 saturated carbocycles. The van der Waals surface area contributed by atoms with E-state index in [2.05, 4.69) is 21.4 Å². The zero-order valence-corrected chi connectivity index (χ0v) is 17.0. The number of carbonyl (C=O) groups is 1. The number of nitrogens with one attached hydrogen (secondary N) is 1. The molecular formula is C21H19N3O2S2. The zero-order chi connectivity index (χ0) is 19.3. The Balaban J connectivity index is 1.31. The molecule has 0 bridgehead atoms. The average Bonchev–Trinajstić information content (AvgIpc) is 3.32. The van der Waals surface area contributed by atoms with Gasteiger partial charge >= 0.3 is 0 Å². The molecule has 7 heteroatoms. The SMILES string of the molecule is Cc1nc(COc2cccc(C(=O)NCCc3nc4ccccc4s3)c2)cs1. The fraction of sp³-hybridized carbons (Fsp3) is 0.190. The van der Waals surface area contributed by atoms with Crippen molar-refractivity contribution in [3.8, 4) is 5.75 Å². The highest BCUT2D eigenvalue weighted by molar-refractivity contribution is 7.18. The molecule has 4 aromatic rings. The van der Waals surface area contributed by atoms with E-state index in [4.69, 9.17) is 4.74 Å². The Bertz CT molecular complexity index is 1070. The molecule has 1 amide bonds. The fourth-order valence-corrected chi connectivity index (χ4v) is 4.33. The number of rotatable bonds is 7. The van der Waals surface area contributed by atoms with E-state index in [1.165, 1.54) is 4.70 Å². The predicted octanol–water partition coefficient (Wildman–Crippen LogP) is 4.61.